The number of piperazine rings is 1. The van der Waals surface area contributed by atoms with E-state index < -0.39 is 10.0 Å². The fraction of sp³-hybridized carbons (Fsp3) is 0.278. The number of nitrogens with zero attached hydrogens (tertiary/aromatic N) is 5. The average Bonchev–Trinajstić information content (AvgIpc) is 2.71. The summed E-state index contributed by atoms with van der Waals surface area (Å²) in [6, 6.07) is 10.1. The Kier molecular flexibility index (Phi) is 4.40. The molecule has 3 heterocycles. The van der Waals surface area contributed by atoms with Crippen molar-refractivity contribution in [1.82, 2.24) is 18.8 Å². The molecule has 140 valence electrons. The molecule has 27 heavy (non-hydrogen) atoms. The van der Waals surface area contributed by atoms with Crippen LogP contribution in [0.3, 0.4) is 0 Å². The number of fused-ring (bicyclic) bond motifs is 1. The summed E-state index contributed by atoms with van der Waals surface area (Å²) >= 11 is 0. The van der Waals surface area contributed by atoms with E-state index in [0.29, 0.717) is 43.0 Å². The lowest BCUT2D eigenvalue weighted by Gasteiger charge is -2.34. The van der Waals surface area contributed by atoms with Crippen LogP contribution in [-0.2, 0) is 17.1 Å². The number of hydrogen-bond donors (Lipinski definition) is 0. The Morgan fingerprint density at radius 2 is 1.70 bits per heavy atom. The third-order valence-electron chi connectivity index (χ3n) is 4.78. The maximum Gasteiger partial charge on any atom is 0.293 e. The largest absolute Gasteiger partial charge is 0.349 e. The molecule has 0 unspecified atom stereocenters. The number of aromatic nitrogens is 3. The molecule has 0 bridgehead atoms. The van der Waals surface area contributed by atoms with E-state index in [0.717, 1.165) is 0 Å². The van der Waals surface area contributed by atoms with Crippen molar-refractivity contribution >= 4 is 26.9 Å². The van der Waals surface area contributed by atoms with E-state index in [9.17, 15) is 13.2 Å². The maximum atomic E-state index is 12.7. The first-order valence-corrected chi connectivity index (χ1v) is 10.0. The van der Waals surface area contributed by atoms with E-state index in [1.807, 2.05) is 4.90 Å². The molecule has 0 spiro atoms. The van der Waals surface area contributed by atoms with Gasteiger partial charge >= 0.3 is 0 Å². The minimum absolute atomic E-state index is 0.213. The Balaban J connectivity index is 1.59. The maximum absolute atomic E-state index is 12.7. The van der Waals surface area contributed by atoms with E-state index in [-0.39, 0.29) is 10.5 Å². The van der Waals surface area contributed by atoms with Gasteiger partial charge in [-0.15, -0.1) is 0 Å². The monoisotopic (exact) mass is 385 g/mol. The summed E-state index contributed by atoms with van der Waals surface area (Å²) in [5.41, 5.74) is 1.13. The molecule has 0 aliphatic carbocycles. The summed E-state index contributed by atoms with van der Waals surface area (Å²) in [7, 11) is -1.84. The summed E-state index contributed by atoms with van der Waals surface area (Å²) in [5.74, 6) is 0.341. The van der Waals surface area contributed by atoms with Crippen LogP contribution in [0.5, 0.6) is 0 Å². The smallest absolute Gasteiger partial charge is 0.293 e. The molecule has 1 saturated heterocycles. The second kappa shape index (κ2) is 6.75. The zero-order valence-electron chi connectivity index (χ0n) is 14.8. The van der Waals surface area contributed by atoms with E-state index in [4.69, 9.17) is 0 Å². The van der Waals surface area contributed by atoms with Crippen molar-refractivity contribution in [2.24, 2.45) is 7.05 Å². The van der Waals surface area contributed by atoms with Crippen molar-refractivity contribution in [3.8, 4) is 0 Å². The van der Waals surface area contributed by atoms with E-state index in [2.05, 4.69) is 9.97 Å². The zero-order chi connectivity index (χ0) is 19.0. The van der Waals surface area contributed by atoms with Gasteiger partial charge < -0.3 is 9.47 Å². The Bertz CT molecular complexity index is 1140. The lowest BCUT2D eigenvalue weighted by molar-refractivity contribution is 0.383. The van der Waals surface area contributed by atoms with Gasteiger partial charge in [-0.2, -0.15) is 4.31 Å². The van der Waals surface area contributed by atoms with Gasteiger partial charge in [0.25, 0.3) is 5.56 Å². The molecule has 1 aliphatic rings. The first-order valence-electron chi connectivity index (χ1n) is 8.59. The molecule has 1 aliphatic heterocycles. The van der Waals surface area contributed by atoms with Gasteiger partial charge in [-0.3, -0.25) is 9.78 Å². The Hall–Kier alpha value is -2.78. The molecule has 9 heteroatoms. The molecule has 0 amide bonds. The van der Waals surface area contributed by atoms with Gasteiger partial charge in [0.2, 0.25) is 10.0 Å². The van der Waals surface area contributed by atoms with Crippen LogP contribution in [-0.4, -0.2) is 53.4 Å². The number of anilines is 1. The van der Waals surface area contributed by atoms with Crippen LogP contribution < -0.4 is 10.5 Å². The minimum atomic E-state index is -3.53. The fourth-order valence-corrected chi connectivity index (χ4v) is 4.68. The van der Waals surface area contributed by atoms with Gasteiger partial charge in [0, 0.05) is 39.4 Å². The molecule has 0 atom stereocenters. The zero-order valence-corrected chi connectivity index (χ0v) is 15.6. The van der Waals surface area contributed by atoms with Crippen LogP contribution in [0.4, 0.5) is 5.82 Å². The lowest BCUT2D eigenvalue weighted by atomic mass is 10.3. The highest BCUT2D eigenvalue weighted by molar-refractivity contribution is 7.89. The summed E-state index contributed by atoms with van der Waals surface area (Å²) in [6.45, 7) is 1.42. The second-order valence-corrected chi connectivity index (χ2v) is 8.31. The quantitative estimate of drug-likeness (QED) is 0.664. The van der Waals surface area contributed by atoms with E-state index >= 15 is 0 Å². The Morgan fingerprint density at radius 1 is 1.00 bits per heavy atom. The standard InChI is InChI=1S/C18H19N5O3S/c1-21-16-13-19-8-7-15(16)20-17(18(21)24)22-9-11-23(12-10-22)27(25,26)14-5-3-2-4-6-14/h2-8,13H,9-12H2,1H3. The highest BCUT2D eigenvalue weighted by atomic mass is 32.2. The highest BCUT2D eigenvalue weighted by Crippen LogP contribution is 2.19. The molecule has 4 rings (SSSR count). The molecule has 0 saturated carbocycles. The summed E-state index contributed by atoms with van der Waals surface area (Å²) in [5, 5.41) is 0. The summed E-state index contributed by atoms with van der Waals surface area (Å²) in [6.07, 6.45) is 3.24. The van der Waals surface area contributed by atoms with Gasteiger partial charge in [0.15, 0.2) is 5.82 Å². The number of benzene rings is 1. The van der Waals surface area contributed by atoms with Crippen molar-refractivity contribution in [2.45, 2.75) is 4.90 Å². The van der Waals surface area contributed by atoms with Crippen LogP contribution in [0.15, 0.2) is 58.5 Å². The van der Waals surface area contributed by atoms with E-state index in [1.165, 1.54) is 8.87 Å². The van der Waals surface area contributed by atoms with Crippen LogP contribution in [0.25, 0.3) is 11.0 Å². The van der Waals surface area contributed by atoms with Gasteiger partial charge in [-0.25, -0.2) is 13.4 Å². The Labute approximate surface area is 156 Å². The number of sulfonamides is 1. The first kappa shape index (κ1) is 17.6. The van der Waals surface area contributed by atoms with Crippen molar-refractivity contribution < 1.29 is 8.42 Å². The van der Waals surface area contributed by atoms with E-state index in [1.54, 1.807) is 55.8 Å². The van der Waals surface area contributed by atoms with Crippen molar-refractivity contribution in [3.05, 3.63) is 59.1 Å². The number of pyridine rings is 1. The highest BCUT2D eigenvalue weighted by Gasteiger charge is 2.29. The van der Waals surface area contributed by atoms with Crippen molar-refractivity contribution in [3.63, 3.8) is 0 Å². The van der Waals surface area contributed by atoms with Gasteiger partial charge in [0.05, 0.1) is 22.1 Å². The third-order valence-corrected chi connectivity index (χ3v) is 6.69. The molecule has 2 aromatic heterocycles. The van der Waals surface area contributed by atoms with Crippen LogP contribution >= 0.6 is 0 Å². The molecular formula is C18H19N5O3S. The summed E-state index contributed by atoms with van der Waals surface area (Å²) < 4.78 is 28.5. The van der Waals surface area contributed by atoms with Gasteiger partial charge in [-0.1, -0.05) is 18.2 Å². The topological polar surface area (TPSA) is 88.4 Å². The Morgan fingerprint density at radius 3 is 2.41 bits per heavy atom. The fourth-order valence-electron chi connectivity index (χ4n) is 3.24. The van der Waals surface area contributed by atoms with Crippen LogP contribution in [0.1, 0.15) is 0 Å². The molecular weight excluding hydrogens is 366 g/mol. The first-order chi connectivity index (χ1) is 13.0. The van der Waals surface area contributed by atoms with Crippen molar-refractivity contribution in [1.29, 1.82) is 0 Å². The predicted octanol–water partition coefficient (Wildman–Crippen LogP) is 0.839. The van der Waals surface area contributed by atoms with Crippen LogP contribution in [0.2, 0.25) is 0 Å². The van der Waals surface area contributed by atoms with Crippen LogP contribution in [0, 0.1) is 0 Å². The van der Waals surface area contributed by atoms with Gasteiger partial charge in [0.1, 0.15) is 0 Å². The second-order valence-electron chi connectivity index (χ2n) is 6.37. The molecule has 8 nitrogen and oxygen atoms in total. The number of hydrogen-bond acceptors (Lipinski definition) is 6. The lowest BCUT2D eigenvalue weighted by Crippen LogP contribution is -2.50. The number of aryl methyl sites for hydroxylation is 1. The van der Waals surface area contributed by atoms with Gasteiger partial charge in [-0.05, 0) is 18.2 Å². The predicted molar refractivity (Wildman–Crippen MR) is 102 cm³/mol. The molecule has 0 N–H and O–H groups in total. The molecule has 3 aromatic rings. The summed E-state index contributed by atoms with van der Waals surface area (Å²) in [4.78, 5) is 23.3. The SMILES string of the molecule is Cn1c(=O)c(N2CCN(S(=O)(=O)c3ccccc3)CC2)nc2ccncc21. The molecule has 0 radical (unpaired) electrons. The average molecular weight is 385 g/mol. The van der Waals surface area contributed by atoms with Crippen molar-refractivity contribution in [2.75, 3.05) is 31.1 Å². The third kappa shape index (κ3) is 3.08. The number of rotatable bonds is 3. The molecule has 1 aromatic carbocycles. The molecule has 1 fully saturated rings. The normalized spacial score (nSPS) is 16.0. The minimum Gasteiger partial charge on any atom is -0.349 e.